The third kappa shape index (κ3) is 3.76. The molecule has 162 valence electrons. The summed E-state index contributed by atoms with van der Waals surface area (Å²) in [6.07, 6.45) is 4.91. The van der Waals surface area contributed by atoms with E-state index in [9.17, 15) is 4.79 Å². The van der Waals surface area contributed by atoms with Gasteiger partial charge in [-0.1, -0.05) is 25.1 Å². The first-order chi connectivity index (χ1) is 14.9. The lowest BCUT2D eigenvalue weighted by Crippen LogP contribution is -2.11. The second kappa shape index (κ2) is 8.18. The summed E-state index contributed by atoms with van der Waals surface area (Å²) in [5.41, 5.74) is 2.46. The van der Waals surface area contributed by atoms with Crippen LogP contribution in [0.4, 0.5) is 0 Å². The summed E-state index contributed by atoms with van der Waals surface area (Å²) in [6, 6.07) is 2.31. The van der Waals surface area contributed by atoms with Crippen LogP contribution in [0.2, 0.25) is 0 Å². The molecule has 0 saturated heterocycles. The van der Waals surface area contributed by atoms with Gasteiger partial charge in [0, 0.05) is 16.8 Å². The summed E-state index contributed by atoms with van der Waals surface area (Å²) in [7, 11) is 2.01. The lowest BCUT2D eigenvalue weighted by atomic mass is 9.87. The van der Waals surface area contributed by atoms with Crippen LogP contribution in [-0.2, 0) is 25.6 Å². The smallest absolute Gasteiger partial charge is 0.259 e. The molecule has 0 aliphatic heterocycles. The molecule has 5 rings (SSSR count). The Morgan fingerprint density at radius 2 is 2.13 bits per heavy atom. The van der Waals surface area contributed by atoms with Crippen LogP contribution in [0, 0.1) is 19.8 Å². The summed E-state index contributed by atoms with van der Waals surface area (Å²) in [4.78, 5) is 24.8. The lowest BCUT2D eigenvalue weighted by molar-refractivity contribution is 0.449. The molecule has 4 aromatic heterocycles. The Bertz CT molecular complexity index is 1330. The highest BCUT2D eigenvalue weighted by Gasteiger charge is 2.22. The predicted octanol–water partition coefficient (Wildman–Crippen LogP) is 5.27. The SMILES string of the molecule is CCC1CCc2sc(-c3nnc(SCc4nc5sc(C)c(C)c5c(=O)[nH]4)n3C)cc2C1. The van der Waals surface area contributed by atoms with E-state index in [0.717, 1.165) is 32.2 Å². The third-order valence-electron chi connectivity index (χ3n) is 6.24. The minimum atomic E-state index is -0.0596. The van der Waals surface area contributed by atoms with Gasteiger partial charge in [0.1, 0.15) is 10.7 Å². The molecule has 0 bridgehead atoms. The Balaban J connectivity index is 1.36. The number of thiophene rings is 2. The van der Waals surface area contributed by atoms with Crippen LogP contribution in [0.5, 0.6) is 0 Å². The topological polar surface area (TPSA) is 76.5 Å². The van der Waals surface area contributed by atoms with Crippen LogP contribution >= 0.6 is 34.4 Å². The molecule has 4 aromatic rings. The van der Waals surface area contributed by atoms with E-state index in [1.54, 1.807) is 23.1 Å². The van der Waals surface area contributed by atoms with Crippen molar-refractivity contribution in [1.29, 1.82) is 0 Å². The van der Waals surface area contributed by atoms with Gasteiger partial charge < -0.3 is 9.55 Å². The minimum absolute atomic E-state index is 0.0596. The van der Waals surface area contributed by atoms with Gasteiger partial charge in [0.2, 0.25) is 0 Å². The van der Waals surface area contributed by atoms with E-state index >= 15 is 0 Å². The van der Waals surface area contributed by atoms with E-state index in [4.69, 9.17) is 0 Å². The van der Waals surface area contributed by atoms with E-state index in [1.165, 1.54) is 41.0 Å². The maximum absolute atomic E-state index is 12.5. The summed E-state index contributed by atoms with van der Waals surface area (Å²) >= 11 is 4.98. The molecule has 0 fully saturated rings. The van der Waals surface area contributed by atoms with Crippen molar-refractivity contribution in [2.75, 3.05) is 0 Å². The Hall–Kier alpha value is -1.97. The molecule has 0 saturated carbocycles. The second-order valence-corrected chi connectivity index (χ2v) is 11.5. The number of rotatable bonds is 5. The standard InChI is InChI=1S/C22H25N5OS3/c1-5-13-6-7-15-14(8-13)9-16(31-15)19-25-26-22(27(19)4)29-10-17-23-20(28)18-11(2)12(3)30-21(18)24-17/h9,13H,5-8,10H2,1-4H3,(H,23,24,28). The quantitative estimate of drug-likeness (QED) is 0.402. The number of hydrogen-bond acceptors (Lipinski definition) is 7. The average molecular weight is 472 g/mol. The van der Waals surface area contributed by atoms with Crippen molar-refractivity contribution in [2.24, 2.45) is 13.0 Å². The zero-order chi connectivity index (χ0) is 21.7. The average Bonchev–Trinajstić information content (AvgIpc) is 3.41. The fourth-order valence-electron chi connectivity index (χ4n) is 4.21. The van der Waals surface area contributed by atoms with Crippen molar-refractivity contribution in [3.63, 3.8) is 0 Å². The molecule has 6 nitrogen and oxygen atoms in total. The highest BCUT2D eigenvalue weighted by Crippen LogP contribution is 2.38. The number of hydrogen-bond donors (Lipinski definition) is 1. The molecular formula is C22H25N5OS3. The maximum Gasteiger partial charge on any atom is 0.259 e. The van der Waals surface area contributed by atoms with Crippen LogP contribution in [0.15, 0.2) is 16.0 Å². The number of aryl methyl sites for hydroxylation is 3. The van der Waals surface area contributed by atoms with E-state index in [-0.39, 0.29) is 5.56 Å². The molecule has 0 aromatic carbocycles. The highest BCUT2D eigenvalue weighted by atomic mass is 32.2. The monoisotopic (exact) mass is 471 g/mol. The number of nitrogens with zero attached hydrogens (tertiary/aromatic N) is 4. The Morgan fingerprint density at radius 3 is 2.94 bits per heavy atom. The Labute approximate surface area is 193 Å². The van der Waals surface area contributed by atoms with E-state index < -0.39 is 0 Å². The van der Waals surface area contributed by atoms with Crippen LogP contribution in [-0.4, -0.2) is 24.7 Å². The van der Waals surface area contributed by atoms with E-state index in [2.05, 4.69) is 37.7 Å². The molecule has 1 unspecified atom stereocenters. The zero-order valence-corrected chi connectivity index (χ0v) is 20.6. The molecule has 1 aliphatic rings. The van der Waals surface area contributed by atoms with Crippen LogP contribution in [0.3, 0.4) is 0 Å². The van der Waals surface area contributed by atoms with Crippen LogP contribution < -0.4 is 5.56 Å². The molecule has 4 heterocycles. The first-order valence-corrected chi connectivity index (χ1v) is 13.2. The maximum atomic E-state index is 12.5. The van der Waals surface area contributed by atoms with Crippen molar-refractivity contribution in [3.05, 3.63) is 43.1 Å². The minimum Gasteiger partial charge on any atom is -0.309 e. The summed E-state index contributed by atoms with van der Waals surface area (Å²) in [6.45, 7) is 6.29. The molecule has 0 spiro atoms. The number of nitrogens with one attached hydrogen (secondary N) is 1. The fourth-order valence-corrected chi connectivity index (χ4v) is 7.27. The first kappa shape index (κ1) is 20.9. The molecule has 1 N–H and O–H groups in total. The molecule has 9 heteroatoms. The summed E-state index contributed by atoms with van der Waals surface area (Å²) in [5, 5.41) is 10.4. The second-order valence-electron chi connectivity index (χ2n) is 8.21. The number of aromatic amines is 1. The highest BCUT2D eigenvalue weighted by molar-refractivity contribution is 7.98. The number of aromatic nitrogens is 5. The number of H-pyrrole nitrogens is 1. The van der Waals surface area contributed by atoms with Crippen molar-refractivity contribution in [3.8, 4) is 10.7 Å². The first-order valence-electron chi connectivity index (χ1n) is 10.6. The molecule has 31 heavy (non-hydrogen) atoms. The van der Waals surface area contributed by atoms with Gasteiger partial charge in [-0.3, -0.25) is 4.79 Å². The Kier molecular flexibility index (Phi) is 5.52. The van der Waals surface area contributed by atoms with Gasteiger partial charge in [-0.15, -0.1) is 32.9 Å². The van der Waals surface area contributed by atoms with Gasteiger partial charge in [0.25, 0.3) is 5.56 Å². The predicted molar refractivity (Wildman–Crippen MR) is 129 cm³/mol. The molecule has 1 atom stereocenters. The summed E-state index contributed by atoms with van der Waals surface area (Å²) in [5.74, 6) is 2.94. The van der Waals surface area contributed by atoms with E-state index in [0.29, 0.717) is 17.0 Å². The van der Waals surface area contributed by atoms with Crippen molar-refractivity contribution < 1.29 is 0 Å². The normalized spacial score (nSPS) is 16.2. The van der Waals surface area contributed by atoms with Crippen molar-refractivity contribution in [1.82, 2.24) is 24.7 Å². The van der Waals surface area contributed by atoms with Gasteiger partial charge >= 0.3 is 0 Å². The van der Waals surface area contributed by atoms with Gasteiger partial charge in [-0.2, -0.15) is 0 Å². The molecular weight excluding hydrogens is 446 g/mol. The van der Waals surface area contributed by atoms with Gasteiger partial charge in [-0.05, 0) is 56.2 Å². The molecule has 0 radical (unpaired) electrons. The lowest BCUT2D eigenvalue weighted by Gasteiger charge is -2.19. The molecule has 0 amide bonds. The van der Waals surface area contributed by atoms with Gasteiger partial charge in [0.05, 0.1) is 16.0 Å². The number of fused-ring (bicyclic) bond motifs is 2. The third-order valence-corrected chi connectivity index (χ3v) is 9.61. The van der Waals surface area contributed by atoms with Gasteiger partial charge in [0.15, 0.2) is 11.0 Å². The Morgan fingerprint density at radius 1 is 1.29 bits per heavy atom. The van der Waals surface area contributed by atoms with Crippen molar-refractivity contribution >= 4 is 44.7 Å². The molecule has 1 aliphatic carbocycles. The largest absolute Gasteiger partial charge is 0.309 e. The van der Waals surface area contributed by atoms with Crippen LogP contribution in [0.25, 0.3) is 20.9 Å². The van der Waals surface area contributed by atoms with Crippen molar-refractivity contribution in [2.45, 2.75) is 57.4 Å². The fraction of sp³-hybridized carbons (Fsp3) is 0.455. The number of thioether (sulfide) groups is 1. The van der Waals surface area contributed by atoms with E-state index in [1.807, 2.05) is 32.2 Å². The van der Waals surface area contributed by atoms with Crippen LogP contribution in [0.1, 0.15) is 46.5 Å². The summed E-state index contributed by atoms with van der Waals surface area (Å²) < 4.78 is 2.05. The zero-order valence-electron chi connectivity index (χ0n) is 18.1. The van der Waals surface area contributed by atoms with Gasteiger partial charge in [-0.25, -0.2) is 4.98 Å².